The molecule has 0 N–H and O–H groups in total. The van der Waals surface area contributed by atoms with Crippen molar-refractivity contribution in [1.29, 1.82) is 0 Å². The molecule has 0 unspecified atom stereocenters. The van der Waals surface area contributed by atoms with Gasteiger partial charge in [0.1, 0.15) is 17.3 Å². The van der Waals surface area contributed by atoms with Gasteiger partial charge in [-0.05, 0) is 44.5 Å². The van der Waals surface area contributed by atoms with Crippen LogP contribution in [0.5, 0.6) is 0 Å². The Hall–Kier alpha value is -1.61. The van der Waals surface area contributed by atoms with Crippen molar-refractivity contribution in [2.75, 3.05) is 0 Å². The molecule has 1 aromatic heterocycles. The number of carbonyl (C=O) groups is 1. The normalized spacial score (nSPS) is 10.8. The second-order valence-corrected chi connectivity index (χ2v) is 4.96. The average molecular weight is 281 g/mol. The van der Waals surface area contributed by atoms with Gasteiger partial charge in [0.05, 0.1) is 5.56 Å². The van der Waals surface area contributed by atoms with Crippen LogP contribution in [-0.4, -0.2) is 5.78 Å². The first-order chi connectivity index (χ1) is 8.90. The van der Waals surface area contributed by atoms with E-state index in [2.05, 4.69) is 0 Å². The summed E-state index contributed by atoms with van der Waals surface area (Å²) >= 11 is 5.97. The molecule has 4 heteroatoms. The lowest BCUT2D eigenvalue weighted by Gasteiger charge is -2.04. The van der Waals surface area contributed by atoms with E-state index in [0.29, 0.717) is 21.9 Å². The summed E-state index contributed by atoms with van der Waals surface area (Å²) in [4.78, 5) is 12.3. The Balaban J connectivity index is 2.33. The quantitative estimate of drug-likeness (QED) is 0.779. The predicted octanol–water partition coefficient (Wildman–Crippen LogP) is 4.42. The van der Waals surface area contributed by atoms with Crippen molar-refractivity contribution in [2.45, 2.75) is 27.2 Å². The fourth-order valence-electron chi connectivity index (χ4n) is 2.14. The maximum absolute atomic E-state index is 13.2. The van der Waals surface area contributed by atoms with Gasteiger partial charge in [0.15, 0.2) is 5.78 Å². The molecule has 0 atom stereocenters. The Morgan fingerprint density at radius 1 is 1.26 bits per heavy atom. The van der Waals surface area contributed by atoms with E-state index < -0.39 is 5.82 Å². The summed E-state index contributed by atoms with van der Waals surface area (Å²) in [5.74, 6) is 0.807. The minimum Gasteiger partial charge on any atom is -0.466 e. The summed E-state index contributed by atoms with van der Waals surface area (Å²) in [5, 5.41) is 0.394. The molecule has 1 aromatic carbocycles. The first kappa shape index (κ1) is 13.8. The van der Waals surface area contributed by atoms with Crippen LogP contribution < -0.4 is 0 Å². The molecule has 0 bridgehead atoms. The Labute approximate surface area is 116 Å². The second-order valence-electron chi connectivity index (χ2n) is 4.55. The van der Waals surface area contributed by atoms with Crippen molar-refractivity contribution in [3.05, 3.63) is 57.2 Å². The Kier molecular flexibility index (Phi) is 3.76. The highest BCUT2D eigenvalue weighted by Gasteiger charge is 2.19. The number of hydrogen-bond donors (Lipinski definition) is 0. The zero-order valence-electron chi connectivity index (χ0n) is 11.0. The molecule has 19 heavy (non-hydrogen) atoms. The number of halogens is 2. The average Bonchev–Trinajstić information content (AvgIpc) is 2.58. The summed E-state index contributed by atoms with van der Waals surface area (Å²) in [7, 11) is 0. The van der Waals surface area contributed by atoms with Crippen molar-refractivity contribution >= 4 is 17.4 Å². The molecule has 0 aliphatic heterocycles. The van der Waals surface area contributed by atoms with Crippen LogP contribution in [0.25, 0.3) is 0 Å². The largest absolute Gasteiger partial charge is 0.466 e. The summed E-state index contributed by atoms with van der Waals surface area (Å²) in [6.45, 7) is 5.40. The number of Topliss-reactive ketones (excluding diaryl/α,β-unsaturated/α-hetero) is 1. The SMILES string of the molecule is Cc1oc(C)c(C(=O)Cc2cc(F)ccc2Cl)c1C. The summed E-state index contributed by atoms with van der Waals surface area (Å²) in [6.07, 6.45) is 0.0667. The van der Waals surface area contributed by atoms with Crippen LogP contribution in [-0.2, 0) is 6.42 Å². The number of ketones is 1. The first-order valence-corrected chi connectivity index (χ1v) is 6.31. The molecule has 2 aromatic rings. The van der Waals surface area contributed by atoms with Gasteiger partial charge in [-0.15, -0.1) is 0 Å². The van der Waals surface area contributed by atoms with Crippen LogP contribution in [0.1, 0.15) is 33.0 Å². The molecule has 2 rings (SSSR count). The van der Waals surface area contributed by atoms with Gasteiger partial charge in [-0.1, -0.05) is 11.6 Å². The van der Waals surface area contributed by atoms with E-state index in [1.54, 1.807) is 6.92 Å². The van der Waals surface area contributed by atoms with Crippen molar-refractivity contribution in [1.82, 2.24) is 0 Å². The minimum atomic E-state index is -0.399. The molecule has 2 nitrogen and oxygen atoms in total. The second kappa shape index (κ2) is 5.17. The van der Waals surface area contributed by atoms with E-state index in [4.69, 9.17) is 16.0 Å². The van der Waals surface area contributed by atoms with Gasteiger partial charge in [-0.3, -0.25) is 4.79 Å². The zero-order valence-corrected chi connectivity index (χ0v) is 11.8. The molecule has 0 amide bonds. The van der Waals surface area contributed by atoms with Crippen molar-refractivity contribution in [3.63, 3.8) is 0 Å². The van der Waals surface area contributed by atoms with Crippen LogP contribution in [0, 0.1) is 26.6 Å². The third-order valence-corrected chi connectivity index (χ3v) is 3.57. The van der Waals surface area contributed by atoms with Gasteiger partial charge < -0.3 is 4.42 Å². The van der Waals surface area contributed by atoms with Gasteiger partial charge in [0.25, 0.3) is 0 Å². The lowest BCUT2D eigenvalue weighted by molar-refractivity contribution is 0.0991. The third-order valence-electron chi connectivity index (χ3n) is 3.20. The van der Waals surface area contributed by atoms with Crippen molar-refractivity contribution in [2.24, 2.45) is 0 Å². The smallest absolute Gasteiger partial charge is 0.171 e. The Morgan fingerprint density at radius 2 is 1.95 bits per heavy atom. The fraction of sp³-hybridized carbons (Fsp3) is 0.267. The highest BCUT2D eigenvalue weighted by molar-refractivity contribution is 6.31. The number of rotatable bonds is 3. The molecule has 0 spiro atoms. The minimum absolute atomic E-state index is 0.0667. The molecule has 0 saturated carbocycles. The van der Waals surface area contributed by atoms with E-state index in [0.717, 1.165) is 11.3 Å². The van der Waals surface area contributed by atoms with Crippen LogP contribution in [0.2, 0.25) is 5.02 Å². The van der Waals surface area contributed by atoms with Gasteiger partial charge in [-0.2, -0.15) is 0 Å². The molecule has 0 fully saturated rings. The van der Waals surface area contributed by atoms with E-state index in [1.807, 2.05) is 13.8 Å². The molecule has 1 heterocycles. The number of benzene rings is 1. The Bertz CT molecular complexity index is 644. The molecule has 100 valence electrons. The van der Waals surface area contributed by atoms with E-state index in [-0.39, 0.29) is 12.2 Å². The summed E-state index contributed by atoms with van der Waals surface area (Å²) < 4.78 is 18.6. The molecule has 0 aliphatic carbocycles. The highest BCUT2D eigenvalue weighted by atomic mass is 35.5. The van der Waals surface area contributed by atoms with Crippen LogP contribution in [0.4, 0.5) is 4.39 Å². The van der Waals surface area contributed by atoms with Crippen molar-refractivity contribution < 1.29 is 13.6 Å². The van der Waals surface area contributed by atoms with Crippen molar-refractivity contribution in [3.8, 4) is 0 Å². The fourth-order valence-corrected chi connectivity index (χ4v) is 2.33. The number of furan rings is 1. The summed E-state index contributed by atoms with van der Waals surface area (Å²) in [6, 6.07) is 4.02. The van der Waals surface area contributed by atoms with Crippen LogP contribution in [0.15, 0.2) is 22.6 Å². The molecule has 0 radical (unpaired) electrons. The lowest BCUT2D eigenvalue weighted by atomic mass is 10.00. The molecule has 0 saturated heterocycles. The number of aryl methyl sites for hydroxylation is 2. The van der Waals surface area contributed by atoms with Crippen LogP contribution >= 0.6 is 11.6 Å². The van der Waals surface area contributed by atoms with Crippen LogP contribution in [0.3, 0.4) is 0 Å². The Morgan fingerprint density at radius 3 is 2.53 bits per heavy atom. The monoisotopic (exact) mass is 280 g/mol. The van der Waals surface area contributed by atoms with Gasteiger partial charge in [0.2, 0.25) is 0 Å². The lowest BCUT2D eigenvalue weighted by Crippen LogP contribution is -2.06. The summed E-state index contributed by atoms with van der Waals surface area (Å²) in [5.41, 5.74) is 1.89. The molecular formula is C15H14ClFO2. The molecule has 0 aliphatic rings. The van der Waals surface area contributed by atoms with E-state index in [9.17, 15) is 9.18 Å². The van der Waals surface area contributed by atoms with E-state index >= 15 is 0 Å². The zero-order chi connectivity index (χ0) is 14.2. The maximum Gasteiger partial charge on any atom is 0.171 e. The van der Waals surface area contributed by atoms with Gasteiger partial charge in [-0.25, -0.2) is 4.39 Å². The maximum atomic E-state index is 13.2. The highest BCUT2D eigenvalue weighted by Crippen LogP contribution is 2.24. The predicted molar refractivity (Wildman–Crippen MR) is 72.4 cm³/mol. The third kappa shape index (κ3) is 2.71. The number of carbonyl (C=O) groups excluding carboxylic acids is 1. The number of hydrogen-bond acceptors (Lipinski definition) is 2. The standard InChI is InChI=1S/C15H14ClFO2/c1-8-9(2)19-10(3)15(8)14(18)7-11-6-12(17)4-5-13(11)16/h4-6H,7H2,1-3H3. The van der Waals surface area contributed by atoms with E-state index in [1.165, 1.54) is 18.2 Å². The van der Waals surface area contributed by atoms with Gasteiger partial charge in [0, 0.05) is 17.0 Å². The van der Waals surface area contributed by atoms with Gasteiger partial charge >= 0.3 is 0 Å². The molecular weight excluding hydrogens is 267 g/mol. The topological polar surface area (TPSA) is 30.2 Å². The first-order valence-electron chi connectivity index (χ1n) is 5.94.